The maximum absolute atomic E-state index is 12.2. The molecule has 0 saturated carbocycles. The number of amides is 1. The molecule has 0 unspecified atom stereocenters. The standard InChI is InChI=1S/C16H16N2O2S/c1-2-12-7-3-4-9-14(12)15(20)18-16-17-11-13(21-16)8-5-6-10-19/h3-4,7,9,11,19H,2,6,10H2,1H3,(H,17,18,20). The van der Waals surface area contributed by atoms with Crippen molar-refractivity contribution in [3.8, 4) is 11.8 Å². The second kappa shape index (κ2) is 7.58. The summed E-state index contributed by atoms with van der Waals surface area (Å²) in [4.78, 5) is 17.2. The minimum absolute atomic E-state index is 0.0448. The van der Waals surface area contributed by atoms with E-state index in [9.17, 15) is 4.79 Å². The predicted octanol–water partition coefficient (Wildman–Crippen LogP) is 2.69. The number of aryl methyl sites for hydroxylation is 1. The number of anilines is 1. The van der Waals surface area contributed by atoms with E-state index in [1.165, 1.54) is 11.3 Å². The second-order valence-electron chi connectivity index (χ2n) is 4.27. The minimum Gasteiger partial charge on any atom is -0.395 e. The third-order valence-electron chi connectivity index (χ3n) is 2.82. The highest BCUT2D eigenvalue weighted by Crippen LogP contribution is 2.19. The first-order chi connectivity index (χ1) is 10.2. The minimum atomic E-state index is -0.156. The first-order valence-electron chi connectivity index (χ1n) is 6.69. The van der Waals surface area contributed by atoms with E-state index in [0.717, 1.165) is 16.9 Å². The maximum atomic E-state index is 12.2. The summed E-state index contributed by atoms with van der Waals surface area (Å²) >= 11 is 1.32. The summed E-state index contributed by atoms with van der Waals surface area (Å²) < 4.78 is 0. The molecule has 4 nitrogen and oxygen atoms in total. The summed E-state index contributed by atoms with van der Waals surface area (Å²) in [5.41, 5.74) is 1.68. The lowest BCUT2D eigenvalue weighted by molar-refractivity contribution is 0.102. The highest BCUT2D eigenvalue weighted by Gasteiger charge is 2.11. The van der Waals surface area contributed by atoms with E-state index in [4.69, 9.17) is 5.11 Å². The summed E-state index contributed by atoms with van der Waals surface area (Å²) in [6.07, 6.45) is 2.86. The Kier molecular flexibility index (Phi) is 5.50. The van der Waals surface area contributed by atoms with Gasteiger partial charge in [-0.25, -0.2) is 4.98 Å². The number of aliphatic hydroxyl groups is 1. The van der Waals surface area contributed by atoms with Gasteiger partial charge in [-0.3, -0.25) is 10.1 Å². The monoisotopic (exact) mass is 300 g/mol. The third kappa shape index (κ3) is 4.15. The molecule has 0 bridgehead atoms. The summed E-state index contributed by atoms with van der Waals surface area (Å²) in [7, 11) is 0. The van der Waals surface area contributed by atoms with E-state index in [1.807, 2.05) is 31.2 Å². The average Bonchev–Trinajstić information content (AvgIpc) is 2.95. The smallest absolute Gasteiger partial charge is 0.257 e. The van der Waals surface area contributed by atoms with E-state index in [0.29, 0.717) is 17.1 Å². The number of hydrogen-bond donors (Lipinski definition) is 2. The summed E-state index contributed by atoms with van der Waals surface area (Å²) in [6.45, 7) is 2.06. The lowest BCUT2D eigenvalue weighted by Gasteiger charge is -2.06. The Morgan fingerprint density at radius 3 is 3.00 bits per heavy atom. The molecule has 0 spiro atoms. The van der Waals surface area contributed by atoms with E-state index >= 15 is 0 Å². The number of thiazole rings is 1. The SMILES string of the molecule is CCc1ccccc1C(=O)Nc1ncc(C#CCCO)s1. The highest BCUT2D eigenvalue weighted by molar-refractivity contribution is 7.16. The number of nitrogens with one attached hydrogen (secondary N) is 1. The van der Waals surface area contributed by atoms with Crippen LogP contribution in [-0.4, -0.2) is 22.6 Å². The zero-order valence-corrected chi connectivity index (χ0v) is 12.5. The maximum Gasteiger partial charge on any atom is 0.257 e. The van der Waals surface area contributed by atoms with Crippen molar-refractivity contribution in [1.29, 1.82) is 0 Å². The Morgan fingerprint density at radius 1 is 1.43 bits per heavy atom. The molecule has 2 N–H and O–H groups in total. The van der Waals surface area contributed by atoms with Gasteiger partial charge in [-0.1, -0.05) is 48.3 Å². The van der Waals surface area contributed by atoms with Gasteiger partial charge in [-0.05, 0) is 18.1 Å². The molecule has 5 heteroatoms. The molecule has 0 aliphatic rings. The van der Waals surface area contributed by atoms with Crippen LogP contribution in [-0.2, 0) is 6.42 Å². The normalized spacial score (nSPS) is 9.81. The molecule has 1 amide bonds. The van der Waals surface area contributed by atoms with Crippen LogP contribution in [0.15, 0.2) is 30.5 Å². The van der Waals surface area contributed by atoms with Crippen LogP contribution in [0.25, 0.3) is 0 Å². The molecule has 108 valence electrons. The lowest BCUT2D eigenvalue weighted by Crippen LogP contribution is -2.13. The van der Waals surface area contributed by atoms with Gasteiger partial charge in [0.15, 0.2) is 5.13 Å². The van der Waals surface area contributed by atoms with Gasteiger partial charge in [0.25, 0.3) is 5.91 Å². The largest absolute Gasteiger partial charge is 0.395 e. The van der Waals surface area contributed by atoms with E-state index < -0.39 is 0 Å². The molecule has 1 aromatic carbocycles. The van der Waals surface area contributed by atoms with Crippen molar-refractivity contribution >= 4 is 22.4 Å². The zero-order valence-electron chi connectivity index (χ0n) is 11.7. The van der Waals surface area contributed by atoms with Gasteiger partial charge in [0.05, 0.1) is 17.7 Å². The quantitative estimate of drug-likeness (QED) is 0.853. The van der Waals surface area contributed by atoms with Crippen molar-refractivity contribution in [1.82, 2.24) is 4.98 Å². The number of benzene rings is 1. The Labute approximate surface area is 127 Å². The molecule has 0 atom stereocenters. The fourth-order valence-corrected chi connectivity index (χ4v) is 2.50. The van der Waals surface area contributed by atoms with Crippen molar-refractivity contribution in [2.45, 2.75) is 19.8 Å². The molecule has 1 aromatic heterocycles. The fourth-order valence-electron chi connectivity index (χ4n) is 1.81. The van der Waals surface area contributed by atoms with Gasteiger partial charge in [0, 0.05) is 12.0 Å². The van der Waals surface area contributed by atoms with Crippen LogP contribution in [0.2, 0.25) is 0 Å². The van der Waals surface area contributed by atoms with Crippen LogP contribution in [0.1, 0.15) is 34.1 Å². The molecule has 0 aliphatic heterocycles. The summed E-state index contributed by atoms with van der Waals surface area (Å²) in [5.74, 6) is 5.57. The number of nitrogens with zero attached hydrogens (tertiary/aromatic N) is 1. The third-order valence-corrected chi connectivity index (χ3v) is 3.65. The van der Waals surface area contributed by atoms with Gasteiger partial charge in [0.1, 0.15) is 0 Å². The van der Waals surface area contributed by atoms with Crippen LogP contribution < -0.4 is 5.32 Å². The number of aromatic nitrogens is 1. The van der Waals surface area contributed by atoms with Gasteiger partial charge in [-0.2, -0.15) is 0 Å². The molecule has 21 heavy (non-hydrogen) atoms. The number of aliphatic hydroxyl groups excluding tert-OH is 1. The van der Waals surface area contributed by atoms with Gasteiger partial charge < -0.3 is 5.11 Å². The molecule has 0 saturated heterocycles. The number of carbonyl (C=O) groups excluding carboxylic acids is 1. The molecular weight excluding hydrogens is 284 g/mol. The predicted molar refractivity (Wildman–Crippen MR) is 84.5 cm³/mol. The van der Waals surface area contributed by atoms with Crippen LogP contribution in [0, 0.1) is 11.8 Å². The topological polar surface area (TPSA) is 62.2 Å². The molecule has 0 fully saturated rings. The summed E-state index contributed by atoms with van der Waals surface area (Å²) in [5, 5.41) is 12.0. The van der Waals surface area contributed by atoms with Crippen LogP contribution >= 0.6 is 11.3 Å². The Balaban J connectivity index is 2.08. The van der Waals surface area contributed by atoms with Crippen LogP contribution in [0.5, 0.6) is 0 Å². The Bertz CT molecular complexity index is 683. The fraction of sp³-hybridized carbons (Fsp3) is 0.250. The first kappa shape index (κ1) is 15.2. The van der Waals surface area contributed by atoms with E-state index in [2.05, 4.69) is 22.1 Å². The molecule has 0 radical (unpaired) electrons. The molecule has 1 heterocycles. The molecule has 2 rings (SSSR count). The van der Waals surface area contributed by atoms with Crippen molar-refractivity contribution in [3.05, 3.63) is 46.5 Å². The van der Waals surface area contributed by atoms with E-state index in [-0.39, 0.29) is 12.5 Å². The second-order valence-corrected chi connectivity index (χ2v) is 5.30. The van der Waals surface area contributed by atoms with E-state index in [1.54, 1.807) is 6.20 Å². The van der Waals surface area contributed by atoms with Crippen molar-refractivity contribution < 1.29 is 9.90 Å². The molecular formula is C16H16N2O2S. The van der Waals surface area contributed by atoms with Crippen molar-refractivity contribution in [3.63, 3.8) is 0 Å². The van der Waals surface area contributed by atoms with Crippen molar-refractivity contribution in [2.24, 2.45) is 0 Å². The molecule has 2 aromatic rings. The van der Waals surface area contributed by atoms with Gasteiger partial charge >= 0.3 is 0 Å². The van der Waals surface area contributed by atoms with Crippen LogP contribution in [0.4, 0.5) is 5.13 Å². The average molecular weight is 300 g/mol. The van der Waals surface area contributed by atoms with Crippen LogP contribution in [0.3, 0.4) is 0 Å². The Morgan fingerprint density at radius 2 is 2.24 bits per heavy atom. The number of carbonyl (C=O) groups is 1. The molecule has 0 aliphatic carbocycles. The highest BCUT2D eigenvalue weighted by atomic mass is 32.1. The van der Waals surface area contributed by atoms with Gasteiger partial charge in [-0.15, -0.1) is 0 Å². The van der Waals surface area contributed by atoms with Crippen molar-refractivity contribution in [2.75, 3.05) is 11.9 Å². The lowest BCUT2D eigenvalue weighted by atomic mass is 10.1. The van der Waals surface area contributed by atoms with Gasteiger partial charge in [0.2, 0.25) is 0 Å². The zero-order chi connectivity index (χ0) is 15.1. The Hall–Kier alpha value is -2.16. The summed E-state index contributed by atoms with van der Waals surface area (Å²) in [6, 6.07) is 7.53. The number of rotatable bonds is 4. The number of hydrogen-bond acceptors (Lipinski definition) is 4. The first-order valence-corrected chi connectivity index (χ1v) is 7.51.